The fraction of sp³-hybridized carbons (Fsp3) is 0.412. The molecule has 0 aliphatic rings. The summed E-state index contributed by atoms with van der Waals surface area (Å²) in [7, 11) is 0. The summed E-state index contributed by atoms with van der Waals surface area (Å²) in [6, 6.07) is 22.7. The average Bonchev–Trinajstić information content (AvgIpc) is 2.97. The molecule has 3 rings (SSSR count). The number of carbonyl (C=O) groups is 2. The molecule has 3 aromatic carbocycles. The van der Waals surface area contributed by atoms with Gasteiger partial charge in [0.25, 0.3) is 0 Å². The van der Waals surface area contributed by atoms with E-state index in [1.54, 1.807) is 12.1 Å². The van der Waals surface area contributed by atoms with E-state index in [0.717, 1.165) is 56.5 Å². The van der Waals surface area contributed by atoms with Crippen LogP contribution in [0.15, 0.2) is 72.8 Å². The highest BCUT2D eigenvalue weighted by Gasteiger charge is 2.15. The van der Waals surface area contributed by atoms with Gasteiger partial charge in [0, 0.05) is 35.9 Å². The van der Waals surface area contributed by atoms with Crippen molar-refractivity contribution in [3.8, 4) is 5.75 Å². The van der Waals surface area contributed by atoms with E-state index in [9.17, 15) is 19.8 Å². The zero-order valence-electron chi connectivity index (χ0n) is 24.4. The highest BCUT2D eigenvalue weighted by molar-refractivity contribution is 5.98. The van der Waals surface area contributed by atoms with Crippen LogP contribution in [0.4, 0.5) is 5.69 Å². The van der Waals surface area contributed by atoms with Gasteiger partial charge in [-0.2, -0.15) is 0 Å². The Bertz CT molecular complexity index is 1210. The van der Waals surface area contributed by atoms with Gasteiger partial charge in [-0.1, -0.05) is 69.2 Å². The zero-order valence-corrected chi connectivity index (χ0v) is 24.4. The molecule has 1 amide bonds. The van der Waals surface area contributed by atoms with Crippen molar-refractivity contribution in [2.75, 3.05) is 31.6 Å². The summed E-state index contributed by atoms with van der Waals surface area (Å²) in [6.45, 7) is 6.60. The quantitative estimate of drug-likeness (QED) is 0.131. The minimum atomic E-state index is -0.309. The summed E-state index contributed by atoms with van der Waals surface area (Å²) in [5.74, 6) is -0.0563. The number of aliphatic hydroxyl groups is 1. The number of carbonyl (C=O) groups excluding carboxylic acids is 2. The van der Waals surface area contributed by atoms with Gasteiger partial charge in [-0.05, 0) is 67.3 Å². The van der Waals surface area contributed by atoms with Crippen LogP contribution in [0.3, 0.4) is 0 Å². The molecule has 0 radical (unpaired) electrons. The molecule has 0 unspecified atom stereocenters. The molecule has 41 heavy (non-hydrogen) atoms. The fourth-order valence-corrected chi connectivity index (χ4v) is 4.46. The molecule has 0 spiro atoms. The lowest BCUT2D eigenvalue weighted by atomic mass is 10.1. The minimum absolute atomic E-state index is 0.00311. The molecule has 7 heteroatoms. The Morgan fingerprint density at radius 3 is 2.32 bits per heavy atom. The Morgan fingerprint density at radius 1 is 0.878 bits per heavy atom. The van der Waals surface area contributed by atoms with Crippen LogP contribution in [0.2, 0.25) is 0 Å². The van der Waals surface area contributed by atoms with Crippen LogP contribution >= 0.6 is 0 Å². The largest absolute Gasteiger partial charge is 0.508 e. The lowest BCUT2D eigenvalue weighted by molar-refractivity contribution is -0.118. The lowest BCUT2D eigenvalue weighted by Crippen LogP contribution is -2.30. The van der Waals surface area contributed by atoms with E-state index in [1.165, 1.54) is 11.6 Å². The number of hydrogen-bond donors (Lipinski definition) is 3. The van der Waals surface area contributed by atoms with Crippen LogP contribution in [0.25, 0.3) is 0 Å². The molecule has 0 bridgehead atoms. The molecule has 7 nitrogen and oxygen atoms in total. The summed E-state index contributed by atoms with van der Waals surface area (Å²) >= 11 is 0. The van der Waals surface area contributed by atoms with Crippen molar-refractivity contribution in [1.82, 2.24) is 4.90 Å². The topological polar surface area (TPSA) is 99.1 Å². The van der Waals surface area contributed by atoms with Gasteiger partial charge in [0.1, 0.15) is 5.75 Å². The first-order valence-corrected chi connectivity index (χ1v) is 14.6. The molecule has 0 aliphatic heterocycles. The third-order valence-electron chi connectivity index (χ3n) is 6.98. The van der Waals surface area contributed by atoms with Crippen LogP contribution in [0, 0.1) is 5.92 Å². The van der Waals surface area contributed by atoms with Crippen molar-refractivity contribution < 1.29 is 24.5 Å². The second-order valence-corrected chi connectivity index (χ2v) is 10.7. The predicted molar refractivity (Wildman–Crippen MR) is 163 cm³/mol. The number of nitrogens with zero attached hydrogens (tertiary/aromatic N) is 1. The number of amides is 1. The lowest BCUT2D eigenvalue weighted by Gasteiger charge is -2.22. The number of hydrogen-bond acceptors (Lipinski definition) is 6. The number of aliphatic hydroxyl groups excluding tert-OH is 1. The Labute approximate surface area is 244 Å². The van der Waals surface area contributed by atoms with Gasteiger partial charge in [-0.15, -0.1) is 0 Å². The minimum Gasteiger partial charge on any atom is -0.508 e. The maximum atomic E-state index is 13.0. The van der Waals surface area contributed by atoms with Gasteiger partial charge in [-0.25, -0.2) is 0 Å². The second-order valence-electron chi connectivity index (χ2n) is 10.7. The normalized spacial score (nSPS) is 11.2. The maximum Gasteiger partial charge on any atom is 0.226 e. The van der Waals surface area contributed by atoms with Crippen LogP contribution in [-0.2, 0) is 29.1 Å². The van der Waals surface area contributed by atoms with E-state index in [-0.39, 0.29) is 36.5 Å². The molecule has 0 saturated heterocycles. The van der Waals surface area contributed by atoms with Crippen molar-refractivity contribution in [3.05, 3.63) is 95.1 Å². The number of Topliss-reactive ketones (excluding diaryl/α,β-unsaturated/α-hetero) is 1. The molecular formula is C34H44N2O5. The fourth-order valence-electron chi connectivity index (χ4n) is 4.46. The first-order valence-electron chi connectivity index (χ1n) is 14.6. The van der Waals surface area contributed by atoms with E-state index < -0.39 is 0 Å². The van der Waals surface area contributed by atoms with E-state index in [2.05, 4.69) is 22.3 Å². The van der Waals surface area contributed by atoms with E-state index in [0.29, 0.717) is 24.3 Å². The first kappa shape index (κ1) is 32.0. The van der Waals surface area contributed by atoms with Crippen LogP contribution in [0.1, 0.15) is 66.6 Å². The van der Waals surface area contributed by atoms with E-state index >= 15 is 0 Å². The molecule has 0 saturated carbocycles. The molecule has 0 heterocycles. The number of rotatable bonds is 18. The Kier molecular flexibility index (Phi) is 13.5. The van der Waals surface area contributed by atoms with Gasteiger partial charge in [0.15, 0.2) is 5.78 Å². The number of anilines is 1. The number of unbranched alkanes of at least 4 members (excludes halogenated alkanes) is 3. The number of ketones is 1. The maximum absolute atomic E-state index is 13.0. The number of ether oxygens (including phenoxy) is 1. The molecular weight excluding hydrogens is 516 g/mol. The standard InChI is InChI=1S/C34H44N2O5/c1-26(2)34(40)35-31-15-12-27(13-16-31)18-21-41-20-9-4-3-8-19-36(23-28-10-6-5-7-11-28)24-33(39)29-14-17-32(38)30(22-29)25-37/h5-7,10-17,22,26,37-38H,3-4,8-9,18-21,23-25H2,1-2H3,(H,35,40). The molecule has 3 N–H and O–H groups in total. The van der Waals surface area contributed by atoms with Crippen molar-refractivity contribution in [2.45, 2.75) is 59.1 Å². The monoisotopic (exact) mass is 560 g/mol. The van der Waals surface area contributed by atoms with E-state index in [1.807, 2.05) is 56.3 Å². The van der Waals surface area contributed by atoms with Crippen LogP contribution < -0.4 is 5.32 Å². The molecule has 0 fully saturated rings. The van der Waals surface area contributed by atoms with Crippen molar-refractivity contribution >= 4 is 17.4 Å². The smallest absolute Gasteiger partial charge is 0.226 e. The molecule has 0 aromatic heterocycles. The Balaban J connectivity index is 1.35. The number of benzene rings is 3. The SMILES string of the molecule is CC(C)C(=O)Nc1ccc(CCOCCCCCCN(CC(=O)c2ccc(O)c(CO)c2)Cc2ccccc2)cc1. The van der Waals surface area contributed by atoms with Crippen molar-refractivity contribution in [1.29, 1.82) is 0 Å². The third kappa shape index (κ3) is 11.5. The highest BCUT2D eigenvalue weighted by atomic mass is 16.5. The zero-order chi connectivity index (χ0) is 29.5. The summed E-state index contributed by atoms with van der Waals surface area (Å²) in [4.78, 5) is 27.0. The summed E-state index contributed by atoms with van der Waals surface area (Å²) in [5.41, 5.74) is 4.01. The molecule has 0 atom stereocenters. The number of aromatic hydroxyl groups is 1. The van der Waals surface area contributed by atoms with Gasteiger partial charge in [-0.3, -0.25) is 14.5 Å². The number of phenols is 1. The van der Waals surface area contributed by atoms with Crippen LogP contribution in [-0.4, -0.2) is 53.1 Å². The van der Waals surface area contributed by atoms with Gasteiger partial charge < -0.3 is 20.3 Å². The van der Waals surface area contributed by atoms with Crippen LogP contribution in [0.5, 0.6) is 5.75 Å². The Morgan fingerprint density at radius 2 is 1.61 bits per heavy atom. The van der Waals surface area contributed by atoms with Crippen molar-refractivity contribution in [3.63, 3.8) is 0 Å². The summed E-state index contributed by atoms with van der Waals surface area (Å²) < 4.78 is 5.84. The molecule has 3 aromatic rings. The highest BCUT2D eigenvalue weighted by Crippen LogP contribution is 2.19. The van der Waals surface area contributed by atoms with Crippen molar-refractivity contribution in [2.24, 2.45) is 5.92 Å². The van der Waals surface area contributed by atoms with Gasteiger partial charge in [0.2, 0.25) is 5.91 Å². The molecule has 0 aliphatic carbocycles. The van der Waals surface area contributed by atoms with Gasteiger partial charge >= 0.3 is 0 Å². The first-order chi connectivity index (χ1) is 19.9. The summed E-state index contributed by atoms with van der Waals surface area (Å²) in [5, 5.41) is 22.2. The van der Waals surface area contributed by atoms with E-state index in [4.69, 9.17) is 4.74 Å². The molecule has 220 valence electrons. The summed E-state index contributed by atoms with van der Waals surface area (Å²) in [6.07, 6.45) is 4.93. The third-order valence-corrected chi connectivity index (χ3v) is 6.98. The van der Waals surface area contributed by atoms with Gasteiger partial charge in [0.05, 0.1) is 19.8 Å². The second kappa shape index (κ2) is 17.3. The average molecular weight is 561 g/mol. The predicted octanol–water partition coefficient (Wildman–Crippen LogP) is 5.98. The number of nitrogens with one attached hydrogen (secondary N) is 1. The Hall–Kier alpha value is -3.52.